The molecule has 0 fully saturated rings. The minimum Gasteiger partial charge on any atom is -0.487 e. The summed E-state index contributed by atoms with van der Waals surface area (Å²) in [5.41, 5.74) is 2.56. The Morgan fingerprint density at radius 3 is 2.33 bits per heavy atom. The van der Waals surface area contributed by atoms with Gasteiger partial charge in [-0.1, -0.05) is 53.7 Å². The van der Waals surface area contributed by atoms with E-state index in [2.05, 4.69) is 67.3 Å². The maximum Gasteiger partial charge on any atom is 0.269 e. The molecule has 4 rings (SSSR count). The first-order valence-corrected chi connectivity index (χ1v) is 11.6. The van der Waals surface area contributed by atoms with Crippen molar-refractivity contribution in [2.24, 2.45) is 5.16 Å². The molecule has 0 aliphatic rings. The van der Waals surface area contributed by atoms with Crippen molar-refractivity contribution in [3.8, 4) is 5.75 Å². The van der Waals surface area contributed by atoms with Crippen LogP contribution >= 0.6 is 31.9 Å². The lowest BCUT2D eigenvalue weighted by Gasteiger charge is -2.12. The van der Waals surface area contributed by atoms with Crippen LogP contribution in [0.15, 0.2) is 93.0 Å². The van der Waals surface area contributed by atoms with Crippen LogP contribution in [0.3, 0.4) is 0 Å². The fourth-order valence-corrected chi connectivity index (χ4v) is 4.70. The minimum atomic E-state index is -0.439. The number of fused-ring (bicyclic) bond motifs is 1. The Morgan fingerprint density at radius 1 is 0.848 bits per heavy atom. The summed E-state index contributed by atoms with van der Waals surface area (Å²) in [5, 5.41) is 17.2. The number of nitro benzene ring substituents is 1. The number of non-ortho nitro benzene ring substituents is 1. The number of halogens is 2. The Hall–Kier alpha value is -3.23. The SMILES string of the molecule is O=[N+]([O-])c1cccc(CO/N=C\c2cc(Br)c(OCc3ccc4ccccc4c3)c(Br)c2)c1. The van der Waals surface area contributed by atoms with Gasteiger partial charge in [0.15, 0.2) is 0 Å². The molecule has 0 aliphatic heterocycles. The van der Waals surface area contributed by atoms with Crippen LogP contribution in [0.5, 0.6) is 5.75 Å². The van der Waals surface area contributed by atoms with Crippen LogP contribution < -0.4 is 4.74 Å². The lowest BCUT2D eigenvalue weighted by atomic mass is 10.1. The number of benzene rings is 4. The molecule has 8 heteroatoms. The number of rotatable bonds is 8. The molecule has 0 radical (unpaired) electrons. The van der Waals surface area contributed by atoms with E-state index in [1.54, 1.807) is 18.3 Å². The highest BCUT2D eigenvalue weighted by molar-refractivity contribution is 9.11. The Labute approximate surface area is 207 Å². The number of oxime groups is 1. The number of nitrogens with zero attached hydrogens (tertiary/aromatic N) is 2. The van der Waals surface area contributed by atoms with Crippen LogP contribution in [-0.4, -0.2) is 11.1 Å². The molecular weight excluding hydrogens is 552 g/mol. The van der Waals surface area contributed by atoms with Gasteiger partial charge < -0.3 is 9.57 Å². The van der Waals surface area contributed by atoms with Gasteiger partial charge in [-0.2, -0.15) is 0 Å². The number of ether oxygens (including phenoxy) is 1. The zero-order valence-electron chi connectivity index (χ0n) is 17.3. The molecule has 0 saturated carbocycles. The lowest BCUT2D eigenvalue weighted by molar-refractivity contribution is -0.384. The van der Waals surface area contributed by atoms with Crippen molar-refractivity contribution < 1.29 is 14.5 Å². The van der Waals surface area contributed by atoms with Crippen LogP contribution in [-0.2, 0) is 18.1 Å². The second kappa shape index (κ2) is 10.6. The molecule has 166 valence electrons. The monoisotopic (exact) mass is 568 g/mol. The van der Waals surface area contributed by atoms with Gasteiger partial charge in [0.2, 0.25) is 0 Å². The first-order chi connectivity index (χ1) is 16.0. The molecule has 33 heavy (non-hydrogen) atoms. The second-order valence-electron chi connectivity index (χ2n) is 7.22. The van der Waals surface area contributed by atoms with Crippen LogP contribution in [0.25, 0.3) is 10.8 Å². The third-order valence-corrected chi connectivity index (χ3v) is 6.02. The largest absolute Gasteiger partial charge is 0.487 e. The van der Waals surface area contributed by atoms with Gasteiger partial charge in [-0.25, -0.2) is 0 Å². The maximum atomic E-state index is 10.9. The van der Waals surface area contributed by atoms with Crippen molar-refractivity contribution in [1.82, 2.24) is 0 Å². The van der Waals surface area contributed by atoms with Crippen molar-refractivity contribution in [3.05, 3.63) is 115 Å². The van der Waals surface area contributed by atoms with Gasteiger partial charge >= 0.3 is 0 Å². The van der Waals surface area contributed by atoms with Gasteiger partial charge in [0.05, 0.1) is 20.1 Å². The van der Waals surface area contributed by atoms with Crippen molar-refractivity contribution in [1.29, 1.82) is 0 Å². The third-order valence-electron chi connectivity index (χ3n) is 4.85. The summed E-state index contributed by atoms with van der Waals surface area (Å²) < 4.78 is 7.60. The molecule has 4 aromatic carbocycles. The fourth-order valence-electron chi connectivity index (χ4n) is 3.25. The molecule has 0 atom stereocenters. The molecule has 0 amide bonds. The van der Waals surface area contributed by atoms with Gasteiger partial charge in [-0.05, 0) is 77.5 Å². The normalized spacial score (nSPS) is 11.1. The van der Waals surface area contributed by atoms with E-state index >= 15 is 0 Å². The predicted octanol–water partition coefficient (Wildman–Crippen LogP) is 7.40. The van der Waals surface area contributed by atoms with E-state index in [0.717, 1.165) is 20.1 Å². The van der Waals surface area contributed by atoms with E-state index in [4.69, 9.17) is 9.57 Å². The Morgan fingerprint density at radius 2 is 1.58 bits per heavy atom. The van der Waals surface area contributed by atoms with Crippen LogP contribution in [0, 0.1) is 10.1 Å². The molecule has 0 aromatic heterocycles. The molecule has 0 unspecified atom stereocenters. The molecule has 0 heterocycles. The van der Waals surface area contributed by atoms with E-state index in [9.17, 15) is 10.1 Å². The molecule has 0 bridgehead atoms. The summed E-state index contributed by atoms with van der Waals surface area (Å²) in [7, 11) is 0. The smallest absolute Gasteiger partial charge is 0.269 e. The van der Waals surface area contributed by atoms with E-state index in [1.165, 1.54) is 22.9 Å². The molecule has 6 nitrogen and oxygen atoms in total. The highest BCUT2D eigenvalue weighted by atomic mass is 79.9. The molecule has 0 N–H and O–H groups in total. The topological polar surface area (TPSA) is 74.0 Å². The zero-order valence-corrected chi connectivity index (χ0v) is 20.5. The van der Waals surface area contributed by atoms with Gasteiger partial charge in [0, 0.05) is 12.1 Å². The zero-order chi connectivity index (χ0) is 23.2. The highest BCUT2D eigenvalue weighted by Gasteiger charge is 2.10. The molecule has 0 spiro atoms. The quantitative estimate of drug-likeness (QED) is 0.126. The second-order valence-corrected chi connectivity index (χ2v) is 8.93. The average Bonchev–Trinajstić information content (AvgIpc) is 2.81. The fraction of sp³-hybridized carbons (Fsp3) is 0.0800. The Bertz CT molecular complexity index is 1320. The standard InChI is InChI=1S/C25H18Br2N2O4/c26-23-12-19(14-28-33-16-17-4-3-7-22(11-17)29(30)31)13-24(27)25(23)32-15-18-8-9-20-5-1-2-6-21(20)10-18/h1-14H,15-16H2/b28-14-. The molecule has 4 aromatic rings. The minimum absolute atomic E-state index is 0.0206. The first-order valence-electron chi connectivity index (χ1n) is 9.98. The predicted molar refractivity (Wildman–Crippen MR) is 136 cm³/mol. The van der Waals surface area contributed by atoms with Crippen molar-refractivity contribution in [2.45, 2.75) is 13.2 Å². The summed E-state index contributed by atoms with van der Waals surface area (Å²) in [5.74, 6) is 0.692. The molecule has 0 saturated heterocycles. The summed E-state index contributed by atoms with van der Waals surface area (Å²) in [6.07, 6.45) is 1.57. The van der Waals surface area contributed by atoms with Crippen LogP contribution in [0.4, 0.5) is 5.69 Å². The van der Waals surface area contributed by atoms with Gasteiger partial charge in [0.25, 0.3) is 5.69 Å². The van der Waals surface area contributed by atoms with Gasteiger partial charge in [0.1, 0.15) is 19.0 Å². The van der Waals surface area contributed by atoms with E-state index in [0.29, 0.717) is 17.9 Å². The van der Waals surface area contributed by atoms with Crippen LogP contribution in [0.2, 0.25) is 0 Å². The van der Waals surface area contributed by atoms with Crippen LogP contribution in [0.1, 0.15) is 16.7 Å². The summed E-state index contributed by atoms with van der Waals surface area (Å²) in [6, 6.07) is 24.5. The highest BCUT2D eigenvalue weighted by Crippen LogP contribution is 2.35. The third kappa shape index (κ3) is 5.97. The summed E-state index contributed by atoms with van der Waals surface area (Å²) >= 11 is 7.11. The molecular formula is C25H18Br2N2O4. The van der Waals surface area contributed by atoms with Gasteiger partial charge in [-0.15, -0.1) is 0 Å². The number of hydrogen-bond acceptors (Lipinski definition) is 5. The van der Waals surface area contributed by atoms with Crippen molar-refractivity contribution in [2.75, 3.05) is 0 Å². The lowest BCUT2D eigenvalue weighted by Crippen LogP contribution is -1.98. The molecule has 0 aliphatic carbocycles. The first kappa shape index (κ1) is 22.9. The van der Waals surface area contributed by atoms with Gasteiger partial charge in [-0.3, -0.25) is 10.1 Å². The average molecular weight is 570 g/mol. The van der Waals surface area contributed by atoms with Crippen molar-refractivity contribution >= 4 is 54.5 Å². The number of hydrogen-bond donors (Lipinski definition) is 0. The Balaban J connectivity index is 1.38. The van der Waals surface area contributed by atoms with E-state index < -0.39 is 4.92 Å². The number of nitro groups is 1. The summed E-state index contributed by atoms with van der Waals surface area (Å²) in [6.45, 7) is 0.565. The van der Waals surface area contributed by atoms with E-state index in [-0.39, 0.29) is 12.3 Å². The summed E-state index contributed by atoms with van der Waals surface area (Å²) in [4.78, 5) is 15.7. The van der Waals surface area contributed by atoms with E-state index in [1.807, 2.05) is 24.3 Å². The maximum absolute atomic E-state index is 10.9. The van der Waals surface area contributed by atoms with Crippen molar-refractivity contribution in [3.63, 3.8) is 0 Å². The Kier molecular flexibility index (Phi) is 7.36.